The van der Waals surface area contributed by atoms with Crippen LogP contribution in [-0.4, -0.2) is 11.9 Å². The second-order valence-corrected chi connectivity index (χ2v) is 6.86. The molecule has 0 aromatic heterocycles. The summed E-state index contributed by atoms with van der Waals surface area (Å²) in [5, 5.41) is 14.0. The molecule has 1 aliphatic carbocycles. The van der Waals surface area contributed by atoms with Crippen LogP contribution in [-0.2, 0) is 0 Å². The molecule has 2 atom stereocenters. The van der Waals surface area contributed by atoms with Crippen LogP contribution in [0, 0.1) is 22.5 Å². The van der Waals surface area contributed by atoms with Gasteiger partial charge in [0.05, 0.1) is 5.56 Å². The molecule has 2 unspecified atom stereocenters. The highest BCUT2D eigenvalue weighted by atomic mass is 32.2. The summed E-state index contributed by atoms with van der Waals surface area (Å²) in [6, 6.07) is 7.57. The normalized spacial score (nSPS) is 21.8. The number of thioether (sulfide) groups is 1. The van der Waals surface area contributed by atoms with Crippen molar-refractivity contribution in [3.05, 3.63) is 29.8 Å². The number of nitriles is 1. The fourth-order valence-electron chi connectivity index (χ4n) is 3.02. The summed E-state index contributed by atoms with van der Waals surface area (Å²) in [4.78, 5) is 13.2. The Hall–Kier alpha value is -1.47. The van der Waals surface area contributed by atoms with E-state index < -0.39 is 0 Å². The van der Waals surface area contributed by atoms with E-state index in [1.54, 1.807) is 6.07 Å². The van der Waals surface area contributed by atoms with E-state index >= 15 is 0 Å². The summed E-state index contributed by atoms with van der Waals surface area (Å²) in [6.07, 6.45) is 4.58. The molecule has 1 fully saturated rings. The maximum atomic E-state index is 12.5. The molecule has 0 heterocycles. The topological polar surface area (TPSA) is 52.9 Å². The maximum Gasteiger partial charge on any atom is 0.252 e. The summed E-state index contributed by atoms with van der Waals surface area (Å²) in [7, 11) is 0. The van der Waals surface area contributed by atoms with Gasteiger partial charge in [0.1, 0.15) is 5.40 Å². The molecule has 1 aromatic rings. The zero-order valence-electron chi connectivity index (χ0n) is 12.6. The third kappa shape index (κ3) is 4.25. The van der Waals surface area contributed by atoms with Crippen molar-refractivity contribution in [2.75, 3.05) is 0 Å². The summed E-state index contributed by atoms with van der Waals surface area (Å²) in [5.41, 5.74) is 0.607. The SMILES string of the molecule is CC(C)C1CCCC(NC(=O)c2ccccc2SC#N)C1. The Bertz CT molecular complexity index is 536. The number of carbonyl (C=O) groups excluding carboxylic acids is 1. The molecule has 1 aliphatic rings. The predicted molar refractivity (Wildman–Crippen MR) is 86.0 cm³/mol. The lowest BCUT2D eigenvalue weighted by Crippen LogP contribution is -2.39. The third-order valence-electron chi connectivity index (χ3n) is 4.28. The van der Waals surface area contributed by atoms with Gasteiger partial charge >= 0.3 is 0 Å². The summed E-state index contributed by atoms with van der Waals surface area (Å²) in [6.45, 7) is 4.52. The van der Waals surface area contributed by atoms with Gasteiger partial charge in [0.15, 0.2) is 0 Å². The van der Waals surface area contributed by atoms with Crippen LogP contribution in [0.1, 0.15) is 49.9 Å². The molecule has 2 rings (SSSR count). The Balaban J connectivity index is 2.03. The molecule has 0 aliphatic heterocycles. The van der Waals surface area contributed by atoms with Crippen LogP contribution in [0.25, 0.3) is 0 Å². The summed E-state index contributed by atoms with van der Waals surface area (Å²) in [5.74, 6) is 1.32. The van der Waals surface area contributed by atoms with Crippen LogP contribution >= 0.6 is 11.8 Å². The molecule has 4 heteroatoms. The number of nitrogens with one attached hydrogen (secondary N) is 1. The van der Waals surface area contributed by atoms with Crippen LogP contribution in [0.4, 0.5) is 0 Å². The predicted octanol–water partition coefficient (Wildman–Crippen LogP) is 4.20. The Morgan fingerprint density at radius 2 is 2.14 bits per heavy atom. The van der Waals surface area contributed by atoms with Crippen LogP contribution in [0.3, 0.4) is 0 Å². The average Bonchev–Trinajstić information content (AvgIpc) is 2.48. The fraction of sp³-hybridized carbons (Fsp3) is 0.529. The summed E-state index contributed by atoms with van der Waals surface area (Å²) < 4.78 is 0. The average molecular weight is 302 g/mol. The molecule has 1 saturated carbocycles. The monoisotopic (exact) mass is 302 g/mol. The molecule has 0 radical (unpaired) electrons. The second kappa shape index (κ2) is 7.51. The molecular formula is C17H22N2OS. The molecule has 0 spiro atoms. The van der Waals surface area contributed by atoms with Crippen LogP contribution < -0.4 is 5.32 Å². The van der Waals surface area contributed by atoms with Gasteiger partial charge in [-0.15, -0.1) is 0 Å². The molecule has 1 aromatic carbocycles. The zero-order valence-corrected chi connectivity index (χ0v) is 13.5. The van der Waals surface area contributed by atoms with E-state index in [4.69, 9.17) is 5.26 Å². The van der Waals surface area contributed by atoms with Crippen molar-refractivity contribution in [1.82, 2.24) is 5.32 Å². The van der Waals surface area contributed by atoms with Gasteiger partial charge in [0, 0.05) is 10.9 Å². The minimum atomic E-state index is -0.0530. The Morgan fingerprint density at radius 3 is 2.86 bits per heavy atom. The highest BCUT2D eigenvalue weighted by Crippen LogP contribution is 2.30. The first-order valence-electron chi connectivity index (χ1n) is 7.57. The first-order chi connectivity index (χ1) is 10.1. The van der Waals surface area contributed by atoms with Gasteiger partial charge in [-0.3, -0.25) is 4.79 Å². The first-order valence-corrected chi connectivity index (χ1v) is 8.39. The van der Waals surface area contributed by atoms with E-state index in [-0.39, 0.29) is 11.9 Å². The van der Waals surface area contributed by atoms with Crippen molar-refractivity contribution in [3.8, 4) is 5.40 Å². The van der Waals surface area contributed by atoms with E-state index in [2.05, 4.69) is 19.2 Å². The number of amides is 1. The molecule has 1 N–H and O–H groups in total. The number of hydrogen-bond acceptors (Lipinski definition) is 3. The minimum absolute atomic E-state index is 0.0530. The van der Waals surface area contributed by atoms with Gasteiger partial charge in [-0.1, -0.05) is 38.8 Å². The van der Waals surface area contributed by atoms with Gasteiger partial charge in [0.25, 0.3) is 5.91 Å². The van der Waals surface area contributed by atoms with E-state index in [9.17, 15) is 4.79 Å². The van der Waals surface area contributed by atoms with Crippen LogP contribution in [0.15, 0.2) is 29.2 Å². The van der Waals surface area contributed by atoms with E-state index in [0.29, 0.717) is 17.4 Å². The van der Waals surface area contributed by atoms with Gasteiger partial charge < -0.3 is 5.32 Å². The Labute approximate surface area is 131 Å². The van der Waals surface area contributed by atoms with Gasteiger partial charge in [0.2, 0.25) is 0 Å². The van der Waals surface area contributed by atoms with Crippen LogP contribution in [0.5, 0.6) is 0 Å². The summed E-state index contributed by atoms with van der Waals surface area (Å²) >= 11 is 1.04. The van der Waals surface area contributed by atoms with Crippen LogP contribution in [0.2, 0.25) is 0 Å². The van der Waals surface area contributed by atoms with Crippen molar-refractivity contribution < 1.29 is 4.79 Å². The fourth-order valence-corrected chi connectivity index (χ4v) is 3.54. The molecule has 0 saturated heterocycles. The van der Waals surface area contributed by atoms with Gasteiger partial charge in [-0.25, -0.2) is 0 Å². The highest BCUT2D eigenvalue weighted by Gasteiger charge is 2.25. The number of thiocyanates is 1. The van der Waals surface area contributed by atoms with E-state index in [0.717, 1.165) is 29.5 Å². The van der Waals surface area contributed by atoms with Crippen molar-refractivity contribution in [3.63, 3.8) is 0 Å². The van der Waals surface area contributed by atoms with Crippen molar-refractivity contribution in [2.45, 2.75) is 50.5 Å². The van der Waals surface area contributed by atoms with Crippen molar-refractivity contribution in [2.24, 2.45) is 11.8 Å². The molecule has 1 amide bonds. The van der Waals surface area contributed by atoms with Crippen molar-refractivity contribution >= 4 is 17.7 Å². The van der Waals surface area contributed by atoms with Gasteiger partial charge in [-0.05, 0) is 48.6 Å². The molecule has 112 valence electrons. The number of benzene rings is 1. The molecule has 21 heavy (non-hydrogen) atoms. The quantitative estimate of drug-likeness (QED) is 0.669. The zero-order chi connectivity index (χ0) is 15.2. The smallest absolute Gasteiger partial charge is 0.252 e. The maximum absolute atomic E-state index is 12.5. The molecule has 3 nitrogen and oxygen atoms in total. The first kappa shape index (κ1) is 15.9. The van der Waals surface area contributed by atoms with E-state index in [1.165, 1.54) is 12.8 Å². The number of hydrogen-bond donors (Lipinski definition) is 1. The standard InChI is InChI=1S/C17H22N2OS/c1-12(2)13-6-5-7-14(10-13)19-17(20)15-8-3-4-9-16(15)21-11-18/h3-4,8-9,12-14H,5-7,10H2,1-2H3,(H,19,20). The third-order valence-corrected chi connectivity index (χ3v) is 4.95. The lowest BCUT2D eigenvalue weighted by molar-refractivity contribution is 0.0910. The molecule has 0 bridgehead atoms. The Kier molecular flexibility index (Phi) is 5.69. The van der Waals surface area contributed by atoms with E-state index in [1.807, 2.05) is 23.6 Å². The second-order valence-electron chi connectivity index (χ2n) is 6.03. The lowest BCUT2D eigenvalue weighted by atomic mass is 9.79. The molecular weight excluding hydrogens is 280 g/mol. The lowest BCUT2D eigenvalue weighted by Gasteiger charge is -2.32. The van der Waals surface area contributed by atoms with Gasteiger partial charge in [-0.2, -0.15) is 5.26 Å². The highest BCUT2D eigenvalue weighted by molar-refractivity contribution is 8.03. The minimum Gasteiger partial charge on any atom is -0.349 e. The van der Waals surface area contributed by atoms with Crippen molar-refractivity contribution in [1.29, 1.82) is 5.26 Å². The number of carbonyl (C=O) groups is 1. The largest absolute Gasteiger partial charge is 0.349 e. The number of nitrogens with zero attached hydrogens (tertiary/aromatic N) is 1. The Morgan fingerprint density at radius 1 is 1.38 bits per heavy atom. The number of rotatable bonds is 4.